The van der Waals surface area contributed by atoms with Crippen LogP contribution in [0.15, 0.2) is 72.8 Å². The van der Waals surface area contributed by atoms with E-state index in [1.54, 1.807) is 0 Å². The van der Waals surface area contributed by atoms with E-state index in [2.05, 4.69) is 10.6 Å². The van der Waals surface area contributed by atoms with Crippen LogP contribution >= 0.6 is 0 Å². The van der Waals surface area contributed by atoms with Crippen LogP contribution in [0.1, 0.15) is 56.1 Å². The maximum atomic E-state index is 13.4. The summed E-state index contributed by atoms with van der Waals surface area (Å²) in [5.74, 6) is -1.65. The fraction of sp³-hybridized carbons (Fsp3) is 0.469. The van der Waals surface area contributed by atoms with E-state index >= 15 is 0 Å². The molecule has 1 aliphatic carbocycles. The lowest BCUT2D eigenvalue weighted by Gasteiger charge is -2.29. The zero-order valence-electron chi connectivity index (χ0n) is 22.5. The second kappa shape index (κ2) is 14.1. The van der Waals surface area contributed by atoms with E-state index in [4.69, 9.17) is 4.74 Å². The SMILES string of the molecule is O=C(C[C@H]1CC=CC[C@@H](Cc2ccccc2)C(=O)OC[C@H](Cc2ccccc2)NC1=O)NC1(CO)CCCC1. The predicted octanol–water partition coefficient (Wildman–Crippen LogP) is 3.89. The van der Waals surface area contributed by atoms with Gasteiger partial charge in [-0.05, 0) is 49.7 Å². The summed E-state index contributed by atoms with van der Waals surface area (Å²) in [5.41, 5.74) is 1.50. The second-order valence-electron chi connectivity index (χ2n) is 10.9. The van der Waals surface area contributed by atoms with E-state index in [0.717, 1.165) is 36.8 Å². The number of carbonyl (C=O) groups excluding carboxylic acids is 3. The number of esters is 1. The van der Waals surface area contributed by atoms with Crippen molar-refractivity contribution in [2.24, 2.45) is 11.8 Å². The van der Waals surface area contributed by atoms with Gasteiger partial charge in [-0.3, -0.25) is 14.4 Å². The summed E-state index contributed by atoms with van der Waals surface area (Å²) in [6.45, 7) is -0.0379. The summed E-state index contributed by atoms with van der Waals surface area (Å²) in [6, 6.07) is 19.2. The fourth-order valence-electron chi connectivity index (χ4n) is 5.58. The monoisotopic (exact) mass is 532 g/mol. The van der Waals surface area contributed by atoms with Crippen molar-refractivity contribution in [2.75, 3.05) is 13.2 Å². The minimum Gasteiger partial charge on any atom is -0.463 e. The number of hydrogen-bond acceptors (Lipinski definition) is 5. The molecule has 3 N–H and O–H groups in total. The van der Waals surface area contributed by atoms with Gasteiger partial charge in [0.05, 0.1) is 30.0 Å². The largest absolute Gasteiger partial charge is 0.463 e. The summed E-state index contributed by atoms with van der Waals surface area (Å²) < 4.78 is 5.77. The highest BCUT2D eigenvalue weighted by Gasteiger charge is 2.35. The number of nitrogens with one attached hydrogen (secondary N) is 2. The average Bonchev–Trinajstić information content (AvgIpc) is 3.41. The third-order valence-electron chi connectivity index (χ3n) is 7.83. The fourth-order valence-corrected chi connectivity index (χ4v) is 5.58. The molecule has 2 aromatic rings. The molecule has 0 unspecified atom stereocenters. The van der Waals surface area contributed by atoms with Crippen LogP contribution in [0.3, 0.4) is 0 Å². The van der Waals surface area contributed by atoms with Gasteiger partial charge in [-0.1, -0.05) is 85.7 Å². The molecule has 4 rings (SSSR count). The topological polar surface area (TPSA) is 105 Å². The van der Waals surface area contributed by atoms with Crippen LogP contribution in [-0.4, -0.2) is 47.7 Å². The first-order valence-corrected chi connectivity index (χ1v) is 14.1. The first-order chi connectivity index (χ1) is 19.0. The van der Waals surface area contributed by atoms with Crippen LogP contribution in [0.5, 0.6) is 0 Å². The van der Waals surface area contributed by atoms with E-state index in [1.165, 1.54) is 0 Å². The van der Waals surface area contributed by atoms with Crippen molar-refractivity contribution in [1.82, 2.24) is 10.6 Å². The van der Waals surface area contributed by atoms with Gasteiger partial charge in [0.25, 0.3) is 0 Å². The van der Waals surface area contributed by atoms with Gasteiger partial charge in [-0.2, -0.15) is 0 Å². The molecule has 2 aliphatic rings. The molecular formula is C32H40N2O5. The Morgan fingerprint density at radius 3 is 2.10 bits per heavy atom. The van der Waals surface area contributed by atoms with Crippen LogP contribution in [0.2, 0.25) is 0 Å². The Morgan fingerprint density at radius 2 is 1.49 bits per heavy atom. The number of aliphatic hydroxyl groups is 1. The zero-order valence-corrected chi connectivity index (χ0v) is 22.5. The van der Waals surface area contributed by atoms with E-state index in [-0.39, 0.29) is 43.3 Å². The lowest BCUT2D eigenvalue weighted by molar-refractivity contribution is -0.150. The summed E-state index contributed by atoms with van der Waals surface area (Å²) >= 11 is 0. The van der Waals surface area contributed by atoms with Gasteiger partial charge in [-0.15, -0.1) is 0 Å². The highest BCUT2D eigenvalue weighted by Crippen LogP contribution is 2.29. The van der Waals surface area contributed by atoms with Crippen molar-refractivity contribution in [1.29, 1.82) is 0 Å². The second-order valence-corrected chi connectivity index (χ2v) is 10.9. The Bertz CT molecular complexity index is 1110. The normalized spacial score (nSPS) is 23.7. The van der Waals surface area contributed by atoms with E-state index < -0.39 is 17.5 Å². The van der Waals surface area contributed by atoms with Crippen molar-refractivity contribution < 1.29 is 24.2 Å². The maximum Gasteiger partial charge on any atom is 0.309 e. The smallest absolute Gasteiger partial charge is 0.309 e. The van der Waals surface area contributed by atoms with Gasteiger partial charge in [-0.25, -0.2) is 0 Å². The van der Waals surface area contributed by atoms with Gasteiger partial charge in [0.15, 0.2) is 0 Å². The maximum absolute atomic E-state index is 13.4. The Labute approximate surface area is 231 Å². The molecule has 0 spiro atoms. The standard InChI is InChI=1S/C32H40N2O5/c35-23-32(17-9-10-18-32)34-29(36)21-26-15-7-8-16-27(19-24-11-3-1-4-12-24)31(38)39-22-28(33-30(26)37)20-25-13-5-2-6-14-25/h1-8,11-14,26-28,35H,9-10,15-23H2,(H,33,37)(H,34,36)/t26-,27+,28+/m1/s1. The van der Waals surface area contributed by atoms with Crippen molar-refractivity contribution in [3.05, 3.63) is 83.9 Å². The molecule has 208 valence electrons. The molecule has 0 saturated heterocycles. The zero-order chi connectivity index (χ0) is 27.5. The summed E-state index contributed by atoms with van der Waals surface area (Å²) in [4.78, 5) is 39.6. The minimum atomic E-state index is -0.580. The number of rotatable bonds is 8. The number of carbonyl (C=O) groups is 3. The van der Waals surface area contributed by atoms with Crippen LogP contribution in [0.25, 0.3) is 0 Å². The third kappa shape index (κ3) is 8.52. The van der Waals surface area contributed by atoms with Gasteiger partial charge >= 0.3 is 5.97 Å². The molecule has 0 bridgehead atoms. The number of allylic oxidation sites excluding steroid dienone is 2. The molecule has 1 saturated carbocycles. The molecule has 7 nitrogen and oxygen atoms in total. The Kier molecular flexibility index (Phi) is 10.3. The highest BCUT2D eigenvalue weighted by molar-refractivity contribution is 5.86. The van der Waals surface area contributed by atoms with Crippen LogP contribution < -0.4 is 10.6 Å². The molecule has 1 fully saturated rings. The van der Waals surface area contributed by atoms with E-state index in [9.17, 15) is 19.5 Å². The molecule has 39 heavy (non-hydrogen) atoms. The first-order valence-electron chi connectivity index (χ1n) is 14.1. The van der Waals surface area contributed by atoms with Gasteiger partial charge in [0, 0.05) is 6.42 Å². The summed E-state index contributed by atoms with van der Waals surface area (Å²) in [6.07, 6.45) is 9.23. The molecule has 2 aromatic carbocycles. The number of ether oxygens (including phenoxy) is 1. The summed E-state index contributed by atoms with van der Waals surface area (Å²) in [5, 5.41) is 16.0. The lowest BCUT2D eigenvalue weighted by atomic mass is 9.93. The van der Waals surface area contributed by atoms with Crippen molar-refractivity contribution in [3.8, 4) is 0 Å². The number of amides is 2. The quantitative estimate of drug-likeness (QED) is 0.353. The molecule has 1 aliphatic heterocycles. The van der Waals surface area contributed by atoms with Gasteiger partial charge < -0.3 is 20.5 Å². The average molecular weight is 533 g/mol. The van der Waals surface area contributed by atoms with E-state index in [0.29, 0.717) is 25.7 Å². The van der Waals surface area contributed by atoms with Crippen LogP contribution in [-0.2, 0) is 32.0 Å². The van der Waals surface area contributed by atoms with Crippen molar-refractivity contribution in [3.63, 3.8) is 0 Å². The first kappa shape index (κ1) is 28.6. The number of cyclic esters (lactones) is 1. The lowest BCUT2D eigenvalue weighted by Crippen LogP contribution is -2.50. The summed E-state index contributed by atoms with van der Waals surface area (Å²) in [7, 11) is 0. The predicted molar refractivity (Wildman–Crippen MR) is 150 cm³/mol. The molecule has 0 radical (unpaired) electrons. The Balaban J connectivity index is 1.50. The molecular weight excluding hydrogens is 492 g/mol. The number of hydrogen-bond donors (Lipinski definition) is 3. The van der Waals surface area contributed by atoms with Crippen molar-refractivity contribution >= 4 is 17.8 Å². The van der Waals surface area contributed by atoms with Crippen molar-refractivity contribution in [2.45, 2.75) is 69.4 Å². The van der Waals surface area contributed by atoms with Gasteiger partial charge in [0.1, 0.15) is 6.61 Å². The van der Waals surface area contributed by atoms with Crippen LogP contribution in [0.4, 0.5) is 0 Å². The molecule has 7 heteroatoms. The third-order valence-corrected chi connectivity index (χ3v) is 7.83. The molecule has 3 atom stereocenters. The molecule has 2 amide bonds. The number of benzene rings is 2. The molecule has 0 aromatic heterocycles. The Hall–Kier alpha value is -3.45. The highest BCUT2D eigenvalue weighted by atomic mass is 16.5. The van der Waals surface area contributed by atoms with Crippen LogP contribution in [0, 0.1) is 11.8 Å². The Morgan fingerprint density at radius 1 is 0.897 bits per heavy atom. The van der Waals surface area contributed by atoms with E-state index in [1.807, 2.05) is 72.8 Å². The minimum absolute atomic E-state index is 0.0310. The molecule has 1 heterocycles. The number of aliphatic hydroxyl groups excluding tert-OH is 1. The van der Waals surface area contributed by atoms with Gasteiger partial charge in [0.2, 0.25) is 11.8 Å².